The lowest BCUT2D eigenvalue weighted by Crippen LogP contribution is -2.16. The smallest absolute Gasteiger partial charge is 0.0543 e. The van der Waals surface area contributed by atoms with E-state index in [9.17, 15) is 0 Å². The fourth-order valence-corrected chi connectivity index (χ4v) is 2.24. The zero-order valence-electron chi connectivity index (χ0n) is 14.0. The summed E-state index contributed by atoms with van der Waals surface area (Å²) in [5.74, 6) is 0. The summed E-state index contributed by atoms with van der Waals surface area (Å²) >= 11 is 3.41. The summed E-state index contributed by atoms with van der Waals surface area (Å²) in [6.45, 7) is 16.9. The van der Waals surface area contributed by atoms with Crippen LogP contribution in [-0.4, -0.2) is 13.2 Å². The molecule has 0 saturated carbocycles. The van der Waals surface area contributed by atoms with Crippen LogP contribution in [0.3, 0.4) is 0 Å². The Morgan fingerprint density at radius 3 is 2.26 bits per heavy atom. The van der Waals surface area contributed by atoms with Gasteiger partial charge in [0.1, 0.15) is 0 Å². The normalized spacial score (nSPS) is 13.6. The van der Waals surface area contributed by atoms with Gasteiger partial charge in [0.05, 0.1) is 6.10 Å². The summed E-state index contributed by atoms with van der Waals surface area (Å²) in [4.78, 5) is 0. The SMILES string of the molecule is C=C(Br)/C=C(\CC)CC(C)(C)CCC(C)OC.CC. The molecule has 0 spiro atoms. The van der Waals surface area contributed by atoms with Crippen LogP contribution in [0.1, 0.15) is 67.2 Å². The lowest BCUT2D eigenvalue weighted by Gasteiger charge is -2.27. The minimum absolute atomic E-state index is 0.330. The lowest BCUT2D eigenvalue weighted by atomic mass is 9.80. The number of methoxy groups -OCH3 is 1. The van der Waals surface area contributed by atoms with Gasteiger partial charge in [-0.1, -0.05) is 62.7 Å². The van der Waals surface area contributed by atoms with Gasteiger partial charge in [0.2, 0.25) is 0 Å². The van der Waals surface area contributed by atoms with Crippen LogP contribution in [0.4, 0.5) is 0 Å². The molecule has 0 fully saturated rings. The van der Waals surface area contributed by atoms with Crippen LogP contribution in [0.2, 0.25) is 0 Å². The maximum Gasteiger partial charge on any atom is 0.0543 e. The largest absolute Gasteiger partial charge is 0.382 e. The monoisotopic (exact) mass is 332 g/mol. The third-order valence-electron chi connectivity index (χ3n) is 3.15. The first-order valence-electron chi connectivity index (χ1n) is 7.37. The first-order valence-corrected chi connectivity index (χ1v) is 8.16. The van der Waals surface area contributed by atoms with E-state index in [4.69, 9.17) is 4.74 Å². The zero-order valence-corrected chi connectivity index (χ0v) is 15.6. The van der Waals surface area contributed by atoms with Crippen molar-refractivity contribution < 1.29 is 4.74 Å². The molecule has 0 rings (SSSR count). The maximum atomic E-state index is 5.31. The van der Waals surface area contributed by atoms with Gasteiger partial charge in [-0.2, -0.15) is 0 Å². The molecule has 0 aliphatic rings. The third kappa shape index (κ3) is 12.7. The molecule has 0 aliphatic carbocycles. The molecular weight excluding hydrogens is 300 g/mol. The summed E-state index contributed by atoms with van der Waals surface area (Å²) < 4.78 is 6.27. The van der Waals surface area contributed by atoms with Gasteiger partial charge in [-0.25, -0.2) is 0 Å². The topological polar surface area (TPSA) is 9.23 Å². The Labute approximate surface area is 129 Å². The Balaban J connectivity index is 0. The molecule has 0 N–H and O–H groups in total. The van der Waals surface area contributed by atoms with Gasteiger partial charge in [-0.3, -0.25) is 0 Å². The first-order chi connectivity index (χ1) is 8.80. The second kappa shape index (κ2) is 11.7. The molecular formula is C17H33BrO. The predicted octanol–water partition coefficient (Wildman–Crippen LogP) is 6.49. The van der Waals surface area contributed by atoms with Crippen LogP contribution in [0.5, 0.6) is 0 Å². The average molecular weight is 333 g/mol. The van der Waals surface area contributed by atoms with E-state index in [2.05, 4.69) is 56.3 Å². The molecule has 0 aromatic heterocycles. The van der Waals surface area contributed by atoms with Crippen LogP contribution >= 0.6 is 15.9 Å². The number of hydrogen-bond acceptors (Lipinski definition) is 1. The average Bonchev–Trinajstić information content (AvgIpc) is 2.36. The van der Waals surface area contributed by atoms with Crippen molar-refractivity contribution in [3.8, 4) is 0 Å². The summed E-state index contributed by atoms with van der Waals surface area (Å²) in [5, 5.41) is 0. The Morgan fingerprint density at radius 2 is 1.89 bits per heavy atom. The van der Waals surface area contributed by atoms with Crippen molar-refractivity contribution in [2.75, 3.05) is 7.11 Å². The molecule has 0 aliphatic heterocycles. The first kappa shape index (κ1) is 21.2. The highest BCUT2D eigenvalue weighted by molar-refractivity contribution is 9.11. The Bertz CT molecular complexity index is 266. The van der Waals surface area contributed by atoms with Crippen molar-refractivity contribution in [1.82, 2.24) is 0 Å². The van der Waals surface area contributed by atoms with Crippen molar-refractivity contribution in [3.63, 3.8) is 0 Å². The second-order valence-corrected chi connectivity index (χ2v) is 6.55. The van der Waals surface area contributed by atoms with Crippen LogP contribution in [-0.2, 0) is 4.74 Å². The minimum Gasteiger partial charge on any atom is -0.382 e. The van der Waals surface area contributed by atoms with Gasteiger partial charge in [-0.15, -0.1) is 0 Å². The molecule has 1 atom stereocenters. The highest BCUT2D eigenvalue weighted by atomic mass is 79.9. The van der Waals surface area contributed by atoms with Gasteiger partial charge in [0.25, 0.3) is 0 Å². The van der Waals surface area contributed by atoms with Crippen molar-refractivity contribution in [2.24, 2.45) is 5.41 Å². The van der Waals surface area contributed by atoms with E-state index >= 15 is 0 Å². The summed E-state index contributed by atoms with van der Waals surface area (Å²) in [6, 6.07) is 0. The fraction of sp³-hybridized carbons (Fsp3) is 0.765. The highest BCUT2D eigenvalue weighted by Crippen LogP contribution is 2.33. The van der Waals surface area contributed by atoms with Gasteiger partial charge >= 0.3 is 0 Å². The van der Waals surface area contributed by atoms with Crippen molar-refractivity contribution >= 4 is 15.9 Å². The van der Waals surface area contributed by atoms with Gasteiger partial charge in [-0.05, 0) is 44.1 Å². The Morgan fingerprint density at radius 1 is 1.37 bits per heavy atom. The standard InChI is InChI=1S/C15H27BrO.C2H6/c1-7-14(10-12(2)16)11-15(4,5)9-8-13(3)17-6;1-2/h10,13H,2,7-9,11H2,1,3-6H3;1-2H3/b14-10+;. The van der Waals surface area contributed by atoms with Gasteiger partial charge in [0.15, 0.2) is 0 Å². The van der Waals surface area contributed by atoms with E-state index in [1.165, 1.54) is 12.0 Å². The highest BCUT2D eigenvalue weighted by Gasteiger charge is 2.20. The molecule has 0 saturated heterocycles. The molecule has 0 radical (unpaired) electrons. The van der Waals surface area contributed by atoms with Crippen molar-refractivity contribution in [1.29, 1.82) is 0 Å². The van der Waals surface area contributed by atoms with E-state index < -0.39 is 0 Å². The van der Waals surface area contributed by atoms with E-state index in [-0.39, 0.29) is 0 Å². The minimum atomic E-state index is 0.330. The molecule has 19 heavy (non-hydrogen) atoms. The van der Waals surface area contributed by atoms with Crippen molar-refractivity contribution in [2.45, 2.75) is 73.3 Å². The molecule has 0 aromatic rings. The lowest BCUT2D eigenvalue weighted by molar-refractivity contribution is 0.0969. The summed E-state index contributed by atoms with van der Waals surface area (Å²) in [7, 11) is 1.78. The van der Waals surface area contributed by atoms with Crippen molar-refractivity contribution in [3.05, 3.63) is 22.7 Å². The molecule has 1 unspecified atom stereocenters. The van der Waals surface area contributed by atoms with Gasteiger partial charge in [0, 0.05) is 11.6 Å². The van der Waals surface area contributed by atoms with E-state index in [0.29, 0.717) is 11.5 Å². The summed E-state index contributed by atoms with van der Waals surface area (Å²) in [5.41, 5.74) is 1.79. The number of hydrogen-bond donors (Lipinski definition) is 0. The summed E-state index contributed by atoms with van der Waals surface area (Å²) in [6.07, 6.45) is 7.04. The number of halogens is 1. The molecule has 1 nitrogen and oxygen atoms in total. The Hall–Kier alpha value is -0.0800. The molecule has 0 heterocycles. The van der Waals surface area contributed by atoms with E-state index in [1.807, 2.05) is 13.8 Å². The number of allylic oxidation sites excluding steroid dienone is 3. The second-order valence-electron chi connectivity index (χ2n) is 5.53. The van der Waals surface area contributed by atoms with Crippen LogP contribution in [0.15, 0.2) is 22.7 Å². The number of rotatable bonds is 8. The molecule has 0 bridgehead atoms. The van der Waals surface area contributed by atoms with Crippen LogP contribution in [0.25, 0.3) is 0 Å². The zero-order chi connectivity index (χ0) is 15.5. The van der Waals surface area contributed by atoms with Crippen LogP contribution < -0.4 is 0 Å². The third-order valence-corrected chi connectivity index (χ3v) is 3.38. The Kier molecular flexibility index (Phi) is 13.1. The molecule has 0 aromatic carbocycles. The fourth-order valence-electron chi connectivity index (χ4n) is 1.91. The molecule has 0 amide bonds. The van der Waals surface area contributed by atoms with Gasteiger partial charge < -0.3 is 4.74 Å². The molecule has 2 heteroatoms. The quantitative estimate of drug-likeness (QED) is 0.461. The predicted molar refractivity (Wildman–Crippen MR) is 91.9 cm³/mol. The van der Waals surface area contributed by atoms with E-state index in [1.54, 1.807) is 7.11 Å². The molecule has 114 valence electrons. The van der Waals surface area contributed by atoms with E-state index in [0.717, 1.165) is 23.7 Å². The number of ether oxygens (including phenoxy) is 1. The van der Waals surface area contributed by atoms with Crippen LogP contribution in [0, 0.1) is 5.41 Å². The maximum absolute atomic E-state index is 5.31.